The lowest BCUT2D eigenvalue weighted by atomic mass is 10.2. The van der Waals surface area contributed by atoms with Gasteiger partial charge in [0.1, 0.15) is 5.42 Å². The van der Waals surface area contributed by atoms with E-state index in [1.165, 1.54) is 0 Å². The predicted molar refractivity (Wildman–Crippen MR) is 49.2 cm³/mol. The van der Waals surface area contributed by atoms with Crippen molar-refractivity contribution >= 4 is 12.2 Å². The molecule has 0 atom stereocenters. The molecule has 0 aromatic carbocycles. The summed E-state index contributed by atoms with van der Waals surface area (Å²) in [5.74, 6) is 0. The van der Waals surface area contributed by atoms with Crippen LogP contribution in [0.5, 0.6) is 0 Å². The fraction of sp³-hybridized carbons (Fsp3) is 0.300. The van der Waals surface area contributed by atoms with Gasteiger partial charge in [-0.2, -0.15) is 0 Å². The number of hydrogen-bond acceptors (Lipinski definition) is 2. The molecule has 0 radical (unpaired) electrons. The van der Waals surface area contributed by atoms with Crippen molar-refractivity contribution in [3.8, 4) is 0 Å². The molecule has 0 fully saturated rings. The molecule has 1 aromatic heterocycles. The molecule has 2 heteroatoms. The van der Waals surface area contributed by atoms with Crippen LogP contribution < -0.4 is 16.3 Å². The first-order chi connectivity index (χ1) is 5.69. The maximum Gasteiger partial charge on any atom is 0.339 e. The van der Waals surface area contributed by atoms with Crippen LogP contribution in [0.15, 0.2) is 15.3 Å². The summed E-state index contributed by atoms with van der Waals surface area (Å²) in [6.07, 6.45) is 3.71. The SMILES string of the molecule is C/C=c1/cc(C)c(=O)o/c1=C/C. The van der Waals surface area contributed by atoms with Crippen LogP contribution in [0.2, 0.25) is 0 Å². The third-order valence-electron chi connectivity index (χ3n) is 1.75. The van der Waals surface area contributed by atoms with Gasteiger partial charge >= 0.3 is 5.63 Å². The highest BCUT2D eigenvalue weighted by Crippen LogP contribution is 1.77. The van der Waals surface area contributed by atoms with Gasteiger partial charge in [0.25, 0.3) is 0 Å². The van der Waals surface area contributed by atoms with Crippen LogP contribution in [-0.2, 0) is 0 Å². The van der Waals surface area contributed by atoms with Gasteiger partial charge in [0.2, 0.25) is 0 Å². The van der Waals surface area contributed by atoms with E-state index in [1.54, 1.807) is 13.0 Å². The van der Waals surface area contributed by atoms with Gasteiger partial charge in [0.15, 0.2) is 0 Å². The Morgan fingerprint density at radius 3 is 2.50 bits per heavy atom. The van der Waals surface area contributed by atoms with Crippen molar-refractivity contribution in [3.05, 3.63) is 32.7 Å². The molecule has 0 unspecified atom stereocenters. The zero-order valence-electron chi connectivity index (χ0n) is 7.55. The first-order valence-electron chi connectivity index (χ1n) is 3.92. The zero-order chi connectivity index (χ0) is 9.14. The maximum absolute atomic E-state index is 11.1. The molecule has 0 aliphatic rings. The summed E-state index contributed by atoms with van der Waals surface area (Å²) in [5.41, 5.74) is 1.04. The van der Waals surface area contributed by atoms with E-state index in [0.717, 1.165) is 5.22 Å². The summed E-state index contributed by atoms with van der Waals surface area (Å²) in [4.78, 5) is 11.1. The molecule has 0 aliphatic carbocycles. The van der Waals surface area contributed by atoms with Crippen molar-refractivity contribution in [2.45, 2.75) is 20.8 Å². The standard InChI is InChI=1S/C10H12O2/c1-4-8-6-7(3)10(11)12-9(8)5-2/h4-6H,1-3H3/b8-4-,9-5+. The minimum Gasteiger partial charge on any atom is -0.423 e. The molecule has 0 saturated carbocycles. The van der Waals surface area contributed by atoms with E-state index >= 15 is 0 Å². The molecular formula is C10H12O2. The van der Waals surface area contributed by atoms with Gasteiger partial charge in [-0.25, -0.2) is 4.79 Å². The lowest BCUT2D eigenvalue weighted by Gasteiger charge is -1.90. The van der Waals surface area contributed by atoms with Gasteiger partial charge in [0.05, 0.1) is 0 Å². The fourth-order valence-electron chi connectivity index (χ4n) is 1.05. The van der Waals surface area contributed by atoms with Crippen molar-refractivity contribution in [1.29, 1.82) is 0 Å². The van der Waals surface area contributed by atoms with Gasteiger partial charge in [0, 0.05) is 10.8 Å². The lowest BCUT2D eigenvalue weighted by molar-refractivity contribution is 0.468. The summed E-state index contributed by atoms with van der Waals surface area (Å²) < 4.78 is 5.04. The Balaban J connectivity index is 3.76. The predicted octanol–water partition coefficient (Wildman–Crippen LogP) is 0.549. The molecule has 0 amide bonds. The Hall–Kier alpha value is -1.31. The summed E-state index contributed by atoms with van der Waals surface area (Å²) in [6.45, 7) is 5.51. The molecular weight excluding hydrogens is 152 g/mol. The Morgan fingerprint density at radius 1 is 1.33 bits per heavy atom. The molecule has 64 valence electrons. The van der Waals surface area contributed by atoms with Crippen LogP contribution in [0.1, 0.15) is 19.4 Å². The van der Waals surface area contributed by atoms with Crippen molar-refractivity contribution < 1.29 is 4.42 Å². The van der Waals surface area contributed by atoms with E-state index in [4.69, 9.17) is 4.42 Å². The second-order valence-corrected chi connectivity index (χ2v) is 2.61. The average Bonchev–Trinajstić information content (AvgIpc) is 2.09. The van der Waals surface area contributed by atoms with Crippen LogP contribution >= 0.6 is 0 Å². The van der Waals surface area contributed by atoms with Crippen LogP contribution in [0.3, 0.4) is 0 Å². The third-order valence-corrected chi connectivity index (χ3v) is 1.75. The average molecular weight is 164 g/mol. The lowest BCUT2D eigenvalue weighted by Crippen LogP contribution is -2.29. The minimum atomic E-state index is -0.256. The van der Waals surface area contributed by atoms with Gasteiger partial charge in [-0.3, -0.25) is 0 Å². The van der Waals surface area contributed by atoms with Crippen LogP contribution in [0.25, 0.3) is 12.2 Å². The Kier molecular flexibility index (Phi) is 2.48. The quantitative estimate of drug-likeness (QED) is 0.560. The second kappa shape index (κ2) is 3.39. The molecule has 12 heavy (non-hydrogen) atoms. The van der Waals surface area contributed by atoms with Gasteiger partial charge in [-0.05, 0) is 32.9 Å². The van der Waals surface area contributed by atoms with E-state index in [9.17, 15) is 4.79 Å². The summed E-state index contributed by atoms with van der Waals surface area (Å²) in [7, 11) is 0. The highest BCUT2D eigenvalue weighted by atomic mass is 16.4. The van der Waals surface area contributed by atoms with E-state index in [-0.39, 0.29) is 5.63 Å². The van der Waals surface area contributed by atoms with Crippen molar-refractivity contribution in [1.82, 2.24) is 0 Å². The minimum absolute atomic E-state index is 0.256. The highest BCUT2D eigenvalue weighted by molar-refractivity contribution is 5.25. The molecule has 0 spiro atoms. The molecule has 1 aromatic rings. The number of rotatable bonds is 0. The van der Waals surface area contributed by atoms with Gasteiger partial charge < -0.3 is 4.42 Å². The Morgan fingerprint density at radius 2 is 2.00 bits per heavy atom. The largest absolute Gasteiger partial charge is 0.423 e. The first-order valence-corrected chi connectivity index (χ1v) is 3.92. The Bertz CT molecular complexity index is 438. The van der Waals surface area contributed by atoms with Crippen molar-refractivity contribution in [3.63, 3.8) is 0 Å². The highest BCUT2D eigenvalue weighted by Gasteiger charge is 1.94. The first kappa shape index (κ1) is 8.78. The number of hydrogen-bond donors (Lipinski definition) is 0. The van der Waals surface area contributed by atoms with E-state index < -0.39 is 0 Å². The monoisotopic (exact) mass is 164 g/mol. The van der Waals surface area contributed by atoms with E-state index in [1.807, 2.05) is 26.0 Å². The van der Waals surface area contributed by atoms with Crippen molar-refractivity contribution in [2.24, 2.45) is 0 Å². The zero-order valence-corrected chi connectivity index (χ0v) is 7.55. The summed E-state index contributed by atoms with van der Waals surface area (Å²) in [5, 5.41) is 0.967. The molecule has 1 rings (SSSR count). The molecule has 0 saturated heterocycles. The van der Waals surface area contributed by atoms with Gasteiger partial charge in [-0.1, -0.05) is 6.08 Å². The summed E-state index contributed by atoms with van der Waals surface area (Å²) in [6, 6.07) is 1.83. The second-order valence-electron chi connectivity index (χ2n) is 2.61. The maximum atomic E-state index is 11.1. The number of aryl methyl sites for hydroxylation is 1. The molecule has 2 nitrogen and oxygen atoms in total. The van der Waals surface area contributed by atoms with Crippen LogP contribution in [-0.4, -0.2) is 0 Å². The Labute approximate surface area is 70.8 Å². The summed E-state index contributed by atoms with van der Waals surface area (Å²) >= 11 is 0. The topological polar surface area (TPSA) is 30.2 Å². The molecule has 0 N–H and O–H groups in total. The van der Waals surface area contributed by atoms with Crippen molar-refractivity contribution in [2.75, 3.05) is 0 Å². The van der Waals surface area contributed by atoms with E-state index in [0.29, 0.717) is 11.0 Å². The molecule has 0 bridgehead atoms. The van der Waals surface area contributed by atoms with E-state index in [2.05, 4.69) is 0 Å². The van der Waals surface area contributed by atoms with Crippen LogP contribution in [0, 0.1) is 6.92 Å². The smallest absolute Gasteiger partial charge is 0.339 e. The normalized spacial score (nSPS) is 13.9. The van der Waals surface area contributed by atoms with Gasteiger partial charge in [-0.15, -0.1) is 0 Å². The molecule has 0 aliphatic heterocycles. The third kappa shape index (κ3) is 1.47. The van der Waals surface area contributed by atoms with Crippen LogP contribution in [0.4, 0.5) is 0 Å². The molecule has 1 heterocycles. The fourth-order valence-corrected chi connectivity index (χ4v) is 1.05.